The molecule has 4 rings (SSSR count). The van der Waals surface area contributed by atoms with Crippen LogP contribution in [-0.2, 0) is 12.2 Å². The first-order valence-electron chi connectivity index (χ1n) is 12.5. The lowest BCUT2D eigenvalue weighted by Crippen LogP contribution is -2.33. The molecule has 0 spiro atoms. The molecule has 2 aromatic carbocycles. The van der Waals surface area contributed by atoms with Gasteiger partial charge in [-0.05, 0) is 60.6 Å². The topological polar surface area (TPSA) is 76.6 Å². The number of nitrogens with zero attached hydrogens (tertiary/aromatic N) is 3. The van der Waals surface area contributed by atoms with Gasteiger partial charge in [0.1, 0.15) is 11.0 Å². The number of nitrogens with one attached hydrogen (secondary N) is 1. The lowest BCUT2D eigenvalue weighted by molar-refractivity contribution is 0.0954. The number of carbonyl (C=O) groups excluding carboxylic acids is 1. The van der Waals surface area contributed by atoms with Gasteiger partial charge in [-0.25, -0.2) is 9.97 Å². The van der Waals surface area contributed by atoms with E-state index in [-0.39, 0.29) is 5.91 Å². The molecule has 1 aliphatic rings. The molecule has 9 heteroatoms. The van der Waals surface area contributed by atoms with Crippen LogP contribution >= 0.6 is 23.4 Å². The molecule has 1 amide bonds. The highest BCUT2D eigenvalue weighted by Gasteiger charge is 2.18. The van der Waals surface area contributed by atoms with Gasteiger partial charge >= 0.3 is 0 Å². The van der Waals surface area contributed by atoms with Crippen molar-refractivity contribution in [1.82, 2.24) is 15.3 Å². The van der Waals surface area contributed by atoms with Gasteiger partial charge in [-0.15, -0.1) is 0 Å². The molecule has 7 nitrogen and oxygen atoms in total. The van der Waals surface area contributed by atoms with Crippen molar-refractivity contribution in [3.05, 3.63) is 70.4 Å². The number of aromatic nitrogens is 2. The number of hydrogen-bond acceptors (Lipinski definition) is 7. The Balaban J connectivity index is 1.27. The molecule has 1 N–H and O–H groups in total. The molecule has 1 fully saturated rings. The van der Waals surface area contributed by atoms with E-state index in [0.29, 0.717) is 46.1 Å². The minimum Gasteiger partial charge on any atom is -0.493 e. The minimum absolute atomic E-state index is 0.0988. The van der Waals surface area contributed by atoms with E-state index in [1.165, 1.54) is 12.8 Å². The first-order valence-corrected chi connectivity index (χ1v) is 13.8. The van der Waals surface area contributed by atoms with Crippen LogP contribution in [0.5, 0.6) is 11.5 Å². The largest absolute Gasteiger partial charge is 0.493 e. The van der Waals surface area contributed by atoms with Gasteiger partial charge in [0, 0.05) is 37.0 Å². The molecule has 1 aromatic heterocycles. The van der Waals surface area contributed by atoms with Crippen molar-refractivity contribution in [1.29, 1.82) is 0 Å². The van der Waals surface area contributed by atoms with Crippen LogP contribution in [0.1, 0.15) is 41.3 Å². The first kappa shape index (κ1) is 27.1. The number of ether oxygens (including phenoxy) is 2. The number of amides is 1. The maximum atomic E-state index is 12.6. The molecule has 2 heterocycles. The number of hydrogen-bond donors (Lipinski definition) is 1. The van der Waals surface area contributed by atoms with Gasteiger partial charge in [0.05, 0.1) is 14.2 Å². The number of methoxy groups -OCH3 is 2. The van der Waals surface area contributed by atoms with Crippen molar-refractivity contribution < 1.29 is 14.3 Å². The number of thioether (sulfide) groups is 1. The zero-order valence-corrected chi connectivity index (χ0v) is 23.1. The zero-order chi connectivity index (χ0) is 26.2. The van der Waals surface area contributed by atoms with Crippen LogP contribution in [-0.4, -0.2) is 49.7 Å². The lowest BCUT2D eigenvalue weighted by Gasteiger charge is -2.31. The van der Waals surface area contributed by atoms with E-state index in [1.54, 1.807) is 26.0 Å². The summed E-state index contributed by atoms with van der Waals surface area (Å²) in [6, 6.07) is 15.2. The van der Waals surface area contributed by atoms with Crippen LogP contribution in [0.4, 0.5) is 5.82 Å². The molecule has 3 aromatic rings. The second-order valence-electron chi connectivity index (χ2n) is 9.18. The van der Waals surface area contributed by atoms with Gasteiger partial charge in [0.15, 0.2) is 16.7 Å². The van der Waals surface area contributed by atoms with E-state index in [1.807, 2.05) is 48.5 Å². The standard InChI is InChI=1S/C28H33ClN4O3S/c1-19-11-14-33(15-12-19)26-17-25(29)31-28(32-26)37-18-21-4-7-22(8-5-21)27(34)30-13-10-20-6-9-23(35-2)24(16-20)36-3/h4-9,16-17,19H,10-15,18H2,1-3H3,(H,30,34). The maximum Gasteiger partial charge on any atom is 0.251 e. The molecule has 196 valence electrons. The fraction of sp³-hybridized carbons (Fsp3) is 0.393. The Bertz CT molecular complexity index is 1200. The molecule has 0 saturated carbocycles. The zero-order valence-electron chi connectivity index (χ0n) is 21.5. The Hall–Kier alpha value is -2.97. The summed E-state index contributed by atoms with van der Waals surface area (Å²) in [5.74, 6) is 3.61. The highest BCUT2D eigenvalue weighted by molar-refractivity contribution is 7.98. The van der Waals surface area contributed by atoms with E-state index < -0.39 is 0 Å². The van der Waals surface area contributed by atoms with Crippen LogP contribution in [0.2, 0.25) is 5.15 Å². The summed E-state index contributed by atoms with van der Waals surface area (Å²) < 4.78 is 10.6. The number of rotatable bonds is 10. The Morgan fingerprint density at radius 2 is 1.73 bits per heavy atom. The molecule has 0 unspecified atom stereocenters. The van der Waals surface area contributed by atoms with E-state index in [9.17, 15) is 4.79 Å². The average molecular weight is 541 g/mol. The van der Waals surface area contributed by atoms with Gasteiger partial charge in [0.25, 0.3) is 5.91 Å². The van der Waals surface area contributed by atoms with Crippen molar-refractivity contribution in [2.24, 2.45) is 5.92 Å². The van der Waals surface area contributed by atoms with E-state index in [0.717, 1.165) is 36.0 Å². The van der Waals surface area contributed by atoms with Gasteiger partial charge in [-0.1, -0.05) is 48.5 Å². The third kappa shape index (κ3) is 7.52. The summed E-state index contributed by atoms with van der Waals surface area (Å²) in [6.45, 7) is 4.81. The Morgan fingerprint density at radius 1 is 1.03 bits per heavy atom. The normalized spacial score (nSPS) is 13.9. The SMILES string of the molecule is COc1ccc(CCNC(=O)c2ccc(CSc3nc(Cl)cc(N4CCC(C)CC4)n3)cc2)cc1OC. The van der Waals surface area contributed by atoms with Crippen LogP contribution < -0.4 is 19.7 Å². The molecule has 1 saturated heterocycles. The number of anilines is 1. The van der Waals surface area contributed by atoms with Crippen LogP contribution in [0.3, 0.4) is 0 Å². The predicted octanol–water partition coefficient (Wildman–Crippen LogP) is 5.65. The monoisotopic (exact) mass is 540 g/mol. The van der Waals surface area contributed by atoms with Gasteiger partial charge in [-0.2, -0.15) is 0 Å². The second-order valence-corrected chi connectivity index (χ2v) is 10.5. The summed E-state index contributed by atoms with van der Waals surface area (Å²) in [7, 11) is 3.22. The van der Waals surface area contributed by atoms with E-state index in [4.69, 9.17) is 26.1 Å². The minimum atomic E-state index is -0.0988. The molecule has 0 aliphatic carbocycles. The highest BCUT2D eigenvalue weighted by atomic mass is 35.5. The molecule has 0 atom stereocenters. The smallest absolute Gasteiger partial charge is 0.251 e. The van der Waals surface area contributed by atoms with E-state index >= 15 is 0 Å². The van der Waals surface area contributed by atoms with Crippen molar-refractivity contribution >= 4 is 35.1 Å². The average Bonchev–Trinajstić information content (AvgIpc) is 2.92. The van der Waals surface area contributed by atoms with Crippen molar-refractivity contribution in [3.8, 4) is 11.5 Å². The number of carbonyl (C=O) groups is 1. The molecule has 0 radical (unpaired) electrons. The summed E-state index contributed by atoms with van der Waals surface area (Å²) >= 11 is 7.84. The lowest BCUT2D eigenvalue weighted by atomic mass is 9.99. The predicted molar refractivity (Wildman–Crippen MR) is 149 cm³/mol. The van der Waals surface area contributed by atoms with Crippen molar-refractivity contribution in [2.75, 3.05) is 38.8 Å². The number of benzene rings is 2. The summed E-state index contributed by atoms with van der Waals surface area (Å²) in [5.41, 5.74) is 2.78. The third-order valence-corrected chi connectivity index (χ3v) is 7.61. The molecular formula is C28H33ClN4O3S. The maximum absolute atomic E-state index is 12.6. The van der Waals surface area contributed by atoms with Gasteiger partial charge < -0.3 is 19.7 Å². The fourth-order valence-electron chi connectivity index (χ4n) is 4.21. The van der Waals surface area contributed by atoms with Crippen molar-refractivity contribution in [2.45, 2.75) is 37.1 Å². The Kier molecular flexibility index (Phi) is 9.52. The Labute approximate surface area is 227 Å². The van der Waals surface area contributed by atoms with Gasteiger partial charge in [-0.3, -0.25) is 4.79 Å². The summed E-state index contributed by atoms with van der Waals surface area (Å²) in [6.07, 6.45) is 3.03. The van der Waals surface area contributed by atoms with Crippen LogP contribution in [0.15, 0.2) is 53.7 Å². The van der Waals surface area contributed by atoms with Crippen molar-refractivity contribution in [3.63, 3.8) is 0 Å². The quantitative estimate of drug-likeness (QED) is 0.202. The number of halogens is 1. The summed E-state index contributed by atoms with van der Waals surface area (Å²) in [4.78, 5) is 24.0. The molecule has 37 heavy (non-hydrogen) atoms. The molecular weight excluding hydrogens is 508 g/mol. The van der Waals surface area contributed by atoms with Crippen LogP contribution in [0, 0.1) is 5.92 Å². The second kappa shape index (κ2) is 13.0. The number of piperidine rings is 1. The molecule has 0 bridgehead atoms. The third-order valence-electron chi connectivity index (χ3n) is 6.50. The molecule has 1 aliphatic heterocycles. The summed E-state index contributed by atoms with van der Waals surface area (Å²) in [5, 5.41) is 4.11. The highest BCUT2D eigenvalue weighted by Crippen LogP contribution is 2.28. The van der Waals surface area contributed by atoms with E-state index in [2.05, 4.69) is 22.1 Å². The van der Waals surface area contributed by atoms with Gasteiger partial charge in [0.2, 0.25) is 0 Å². The van der Waals surface area contributed by atoms with Crippen LogP contribution in [0.25, 0.3) is 0 Å². The Morgan fingerprint density at radius 3 is 2.43 bits per heavy atom. The first-order chi connectivity index (χ1) is 17.9. The fourth-order valence-corrected chi connectivity index (χ4v) is 5.25.